The number of fused-ring (bicyclic) bond motifs is 1. The first-order chi connectivity index (χ1) is 16.2. The van der Waals surface area contributed by atoms with Gasteiger partial charge < -0.3 is 10.6 Å². The first-order valence-electron chi connectivity index (χ1n) is 11.2. The van der Waals surface area contributed by atoms with E-state index in [-0.39, 0.29) is 28.3 Å². The number of nitrogens with zero attached hydrogens (tertiary/aromatic N) is 2. The molecule has 2 heterocycles. The number of aromatic nitrogens is 2. The van der Waals surface area contributed by atoms with Gasteiger partial charge in [0.25, 0.3) is 0 Å². The van der Waals surface area contributed by atoms with Crippen molar-refractivity contribution >= 4 is 43.2 Å². The van der Waals surface area contributed by atoms with Gasteiger partial charge in [-0.05, 0) is 24.1 Å². The molecular formula is C24H30N4O4S2. The molecule has 0 fully saturated rings. The number of sulfone groups is 1. The molecule has 0 saturated carbocycles. The van der Waals surface area contributed by atoms with Gasteiger partial charge in [0.05, 0.1) is 22.2 Å². The minimum absolute atomic E-state index is 0.127. The van der Waals surface area contributed by atoms with E-state index in [1.54, 1.807) is 36.5 Å². The Morgan fingerprint density at radius 2 is 1.79 bits per heavy atom. The SMILES string of the molecule is CCCC(NC(=O)[C@H](CS(=O)(=O)Cc1ccccc1)NC(C)C)C(=O)c1nc2ncccc2s1. The molecule has 182 valence electrons. The molecular weight excluding hydrogens is 472 g/mol. The number of benzene rings is 1. The maximum absolute atomic E-state index is 13.2. The zero-order valence-electron chi connectivity index (χ0n) is 19.5. The summed E-state index contributed by atoms with van der Waals surface area (Å²) in [7, 11) is -3.59. The Bertz CT molecular complexity index is 1190. The molecule has 8 nitrogen and oxygen atoms in total. The largest absolute Gasteiger partial charge is 0.344 e. The van der Waals surface area contributed by atoms with Crippen LogP contribution >= 0.6 is 11.3 Å². The Kier molecular flexibility index (Phi) is 8.87. The van der Waals surface area contributed by atoms with Crippen molar-refractivity contribution in [2.45, 2.75) is 57.5 Å². The highest BCUT2D eigenvalue weighted by atomic mass is 32.2. The van der Waals surface area contributed by atoms with Gasteiger partial charge in [0.2, 0.25) is 11.7 Å². The lowest BCUT2D eigenvalue weighted by Gasteiger charge is -2.24. The zero-order chi connectivity index (χ0) is 24.7. The van der Waals surface area contributed by atoms with E-state index in [1.165, 1.54) is 11.3 Å². The third kappa shape index (κ3) is 7.15. The van der Waals surface area contributed by atoms with Gasteiger partial charge in [0.15, 0.2) is 20.5 Å². The Morgan fingerprint density at radius 1 is 1.06 bits per heavy atom. The summed E-state index contributed by atoms with van der Waals surface area (Å²) in [5.74, 6) is -1.35. The van der Waals surface area contributed by atoms with Crippen LogP contribution in [0.2, 0.25) is 0 Å². The van der Waals surface area contributed by atoms with Crippen LogP contribution in [0.15, 0.2) is 48.7 Å². The summed E-state index contributed by atoms with van der Waals surface area (Å²) in [6, 6.07) is 10.6. The molecule has 0 aliphatic rings. The fourth-order valence-corrected chi connectivity index (χ4v) is 6.09. The van der Waals surface area contributed by atoms with Gasteiger partial charge in [-0.2, -0.15) is 0 Å². The Balaban J connectivity index is 1.76. The van der Waals surface area contributed by atoms with Crippen molar-refractivity contribution in [2.75, 3.05) is 5.75 Å². The molecule has 34 heavy (non-hydrogen) atoms. The van der Waals surface area contributed by atoms with Crippen molar-refractivity contribution in [2.24, 2.45) is 0 Å². The standard InChI is InChI=1S/C24H30N4O4S2/c1-4-9-18(21(29)24-28-22-20(33-24)12-8-13-25-22)27-23(30)19(26-16(2)3)15-34(31,32)14-17-10-6-5-7-11-17/h5-8,10-13,16,18-19,26H,4,9,14-15H2,1-3H3,(H,27,30)/t18?,19-/m0/s1. The lowest BCUT2D eigenvalue weighted by Crippen LogP contribution is -2.54. The second-order valence-electron chi connectivity index (χ2n) is 8.47. The number of pyridine rings is 1. The molecule has 1 unspecified atom stereocenters. The van der Waals surface area contributed by atoms with E-state index in [0.29, 0.717) is 24.1 Å². The minimum atomic E-state index is -3.59. The molecule has 0 aliphatic carbocycles. The molecule has 3 aromatic rings. The molecule has 3 rings (SSSR count). The van der Waals surface area contributed by atoms with Crippen LogP contribution in [0, 0.1) is 0 Å². The van der Waals surface area contributed by atoms with Crippen molar-refractivity contribution in [3.8, 4) is 0 Å². The Morgan fingerprint density at radius 3 is 2.44 bits per heavy atom. The number of amides is 1. The summed E-state index contributed by atoms with van der Waals surface area (Å²) < 4.78 is 26.5. The summed E-state index contributed by atoms with van der Waals surface area (Å²) in [4.78, 5) is 34.8. The molecule has 2 atom stereocenters. The number of carbonyl (C=O) groups is 2. The van der Waals surface area contributed by atoms with Gasteiger partial charge in [0.1, 0.15) is 6.04 Å². The van der Waals surface area contributed by atoms with E-state index in [0.717, 1.165) is 4.70 Å². The van der Waals surface area contributed by atoms with Crippen LogP contribution in [0.3, 0.4) is 0 Å². The van der Waals surface area contributed by atoms with Crippen molar-refractivity contribution in [3.05, 3.63) is 59.2 Å². The fraction of sp³-hybridized carbons (Fsp3) is 0.417. The molecule has 0 saturated heterocycles. The minimum Gasteiger partial charge on any atom is -0.344 e. The van der Waals surface area contributed by atoms with Gasteiger partial charge in [-0.3, -0.25) is 9.59 Å². The molecule has 10 heteroatoms. The zero-order valence-corrected chi connectivity index (χ0v) is 21.2. The number of Topliss-reactive ketones (excluding diaryl/α,β-unsaturated/α-hetero) is 1. The van der Waals surface area contributed by atoms with Crippen LogP contribution in [0.5, 0.6) is 0 Å². The summed E-state index contributed by atoms with van der Waals surface area (Å²) in [6.45, 7) is 5.60. The summed E-state index contributed by atoms with van der Waals surface area (Å²) in [5.41, 5.74) is 1.15. The number of rotatable bonds is 12. The lowest BCUT2D eigenvalue weighted by molar-refractivity contribution is -0.123. The first kappa shape index (κ1) is 25.9. The van der Waals surface area contributed by atoms with E-state index in [9.17, 15) is 18.0 Å². The molecule has 0 aliphatic heterocycles. The van der Waals surface area contributed by atoms with Gasteiger partial charge in [0, 0.05) is 12.2 Å². The van der Waals surface area contributed by atoms with Crippen molar-refractivity contribution in [1.29, 1.82) is 0 Å². The Hall–Kier alpha value is -2.69. The van der Waals surface area contributed by atoms with Gasteiger partial charge in [-0.1, -0.05) is 57.5 Å². The number of nitrogens with one attached hydrogen (secondary N) is 2. The van der Waals surface area contributed by atoms with E-state index in [4.69, 9.17) is 0 Å². The monoisotopic (exact) mass is 502 g/mol. The molecule has 0 spiro atoms. The van der Waals surface area contributed by atoms with Gasteiger partial charge in [-0.25, -0.2) is 18.4 Å². The highest BCUT2D eigenvalue weighted by Gasteiger charge is 2.31. The fourth-order valence-electron chi connectivity index (χ4n) is 3.60. The third-order valence-electron chi connectivity index (χ3n) is 5.09. The van der Waals surface area contributed by atoms with Crippen molar-refractivity contribution in [3.63, 3.8) is 0 Å². The average Bonchev–Trinajstić information content (AvgIpc) is 3.22. The maximum Gasteiger partial charge on any atom is 0.238 e. The quantitative estimate of drug-likeness (QED) is 0.365. The first-order valence-corrected chi connectivity index (χ1v) is 13.9. The smallest absolute Gasteiger partial charge is 0.238 e. The van der Waals surface area contributed by atoms with Crippen molar-refractivity contribution < 1.29 is 18.0 Å². The van der Waals surface area contributed by atoms with E-state index in [1.807, 2.05) is 32.9 Å². The van der Waals surface area contributed by atoms with E-state index in [2.05, 4.69) is 20.6 Å². The molecule has 2 aromatic heterocycles. The number of carbonyl (C=O) groups excluding carboxylic acids is 2. The molecule has 2 N–H and O–H groups in total. The summed E-state index contributed by atoms with van der Waals surface area (Å²) in [6.07, 6.45) is 2.69. The number of ketones is 1. The van der Waals surface area contributed by atoms with Crippen LogP contribution in [-0.2, 0) is 20.4 Å². The van der Waals surface area contributed by atoms with Gasteiger partial charge in [-0.15, -0.1) is 11.3 Å². The Labute approximate surface area is 204 Å². The molecule has 1 amide bonds. The van der Waals surface area contributed by atoms with E-state index < -0.39 is 27.8 Å². The topological polar surface area (TPSA) is 118 Å². The molecule has 0 radical (unpaired) electrons. The molecule has 0 bridgehead atoms. The van der Waals surface area contributed by atoms with Crippen LogP contribution in [0.4, 0.5) is 0 Å². The second kappa shape index (κ2) is 11.6. The van der Waals surface area contributed by atoms with Crippen LogP contribution in [0.25, 0.3) is 10.3 Å². The summed E-state index contributed by atoms with van der Waals surface area (Å²) >= 11 is 1.23. The normalized spacial score (nSPS) is 13.6. The lowest BCUT2D eigenvalue weighted by atomic mass is 10.1. The summed E-state index contributed by atoms with van der Waals surface area (Å²) in [5, 5.41) is 6.10. The van der Waals surface area contributed by atoms with Crippen molar-refractivity contribution in [1.82, 2.24) is 20.6 Å². The third-order valence-corrected chi connectivity index (χ3v) is 7.73. The van der Waals surface area contributed by atoms with Crippen LogP contribution in [0.1, 0.15) is 49.0 Å². The predicted molar refractivity (Wildman–Crippen MR) is 135 cm³/mol. The number of hydrogen-bond donors (Lipinski definition) is 2. The van der Waals surface area contributed by atoms with E-state index >= 15 is 0 Å². The average molecular weight is 503 g/mol. The number of hydrogen-bond acceptors (Lipinski definition) is 8. The molecule has 1 aromatic carbocycles. The number of thiazole rings is 1. The van der Waals surface area contributed by atoms with Crippen LogP contribution in [-0.4, -0.2) is 54.0 Å². The van der Waals surface area contributed by atoms with Crippen LogP contribution < -0.4 is 10.6 Å². The van der Waals surface area contributed by atoms with Gasteiger partial charge >= 0.3 is 0 Å². The second-order valence-corrected chi connectivity index (χ2v) is 11.6. The predicted octanol–water partition coefficient (Wildman–Crippen LogP) is 3.14. The highest BCUT2D eigenvalue weighted by Crippen LogP contribution is 2.22. The highest BCUT2D eigenvalue weighted by molar-refractivity contribution is 7.90. The maximum atomic E-state index is 13.2.